The average molecular weight is 318 g/mol. The summed E-state index contributed by atoms with van der Waals surface area (Å²) in [5.74, 6) is 0.911. The van der Waals surface area contributed by atoms with Gasteiger partial charge in [0.15, 0.2) is 5.82 Å². The number of nitrogens with zero attached hydrogens (tertiary/aromatic N) is 2. The second kappa shape index (κ2) is 5.11. The first-order chi connectivity index (χ1) is 10.7. The standard InChI is InChI=1S/C16H16ClN3O2/c1-18-16-11-7-9-3-5-13(22-9)14(11)15(19-20-16)10-4-2-8(17)6-12(10)21/h2,4,6,9,13,21H,3,5,7H2,1H3,(H,18,20). The van der Waals surface area contributed by atoms with E-state index in [1.54, 1.807) is 12.1 Å². The summed E-state index contributed by atoms with van der Waals surface area (Å²) in [6.07, 6.45) is 3.16. The summed E-state index contributed by atoms with van der Waals surface area (Å²) in [5, 5.41) is 22.5. The topological polar surface area (TPSA) is 67.3 Å². The van der Waals surface area contributed by atoms with Crippen LogP contribution in [0.1, 0.15) is 30.1 Å². The van der Waals surface area contributed by atoms with Crippen LogP contribution in [-0.4, -0.2) is 28.5 Å². The van der Waals surface area contributed by atoms with Gasteiger partial charge in [-0.15, -0.1) is 10.2 Å². The normalized spacial score (nSPS) is 22.5. The Kier molecular flexibility index (Phi) is 3.20. The van der Waals surface area contributed by atoms with Crippen LogP contribution in [0.5, 0.6) is 5.75 Å². The Morgan fingerprint density at radius 2 is 2.18 bits per heavy atom. The molecule has 0 saturated carbocycles. The number of phenolic OH excluding ortho intramolecular Hbond substituents is 1. The van der Waals surface area contributed by atoms with E-state index in [2.05, 4.69) is 15.5 Å². The Hall–Kier alpha value is -1.85. The summed E-state index contributed by atoms with van der Waals surface area (Å²) < 4.78 is 6.05. The van der Waals surface area contributed by atoms with Crippen LogP contribution < -0.4 is 5.32 Å². The van der Waals surface area contributed by atoms with Crippen LogP contribution in [0, 0.1) is 0 Å². The van der Waals surface area contributed by atoms with Gasteiger partial charge in [0.1, 0.15) is 11.4 Å². The van der Waals surface area contributed by atoms with E-state index in [4.69, 9.17) is 16.3 Å². The van der Waals surface area contributed by atoms with E-state index >= 15 is 0 Å². The zero-order valence-corrected chi connectivity index (χ0v) is 12.9. The SMILES string of the molecule is CNc1nnc(-c2ccc(Cl)cc2O)c2c1CC1CCC2O1. The predicted molar refractivity (Wildman–Crippen MR) is 84.2 cm³/mol. The Balaban J connectivity index is 1.94. The van der Waals surface area contributed by atoms with Crippen LogP contribution in [0.3, 0.4) is 0 Å². The van der Waals surface area contributed by atoms with Gasteiger partial charge in [-0.3, -0.25) is 0 Å². The molecule has 2 bridgehead atoms. The molecular weight excluding hydrogens is 302 g/mol. The molecule has 5 nitrogen and oxygen atoms in total. The summed E-state index contributed by atoms with van der Waals surface area (Å²) >= 11 is 5.93. The quantitative estimate of drug-likeness (QED) is 0.889. The molecule has 6 heteroatoms. The van der Waals surface area contributed by atoms with Gasteiger partial charge in [-0.1, -0.05) is 11.6 Å². The van der Waals surface area contributed by atoms with Crippen molar-refractivity contribution in [2.75, 3.05) is 12.4 Å². The number of ether oxygens (including phenoxy) is 1. The van der Waals surface area contributed by atoms with E-state index in [-0.39, 0.29) is 18.0 Å². The fraction of sp³-hybridized carbons (Fsp3) is 0.375. The van der Waals surface area contributed by atoms with Crippen molar-refractivity contribution in [2.24, 2.45) is 0 Å². The molecule has 1 saturated heterocycles. The number of aromatic nitrogens is 2. The van der Waals surface area contributed by atoms with Crippen molar-refractivity contribution in [3.63, 3.8) is 0 Å². The third kappa shape index (κ3) is 2.04. The number of aromatic hydroxyl groups is 1. The maximum atomic E-state index is 10.2. The first-order valence-corrected chi connectivity index (χ1v) is 7.76. The summed E-state index contributed by atoms with van der Waals surface area (Å²) in [6, 6.07) is 5.05. The molecule has 2 unspecified atom stereocenters. The zero-order valence-electron chi connectivity index (χ0n) is 12.1. The monoisotopic (exact) mass is 317 g/mol. The molecule has 3 heterocycles. The highest BCUT2D eigenvalue weighted by atomic mass is 35.5. The number of hydrogen-bond donors (Lipinski definition) is 2. The van der Waals surface area contributed by atoms with Crippen LogP contribution in [0.4, 0.5) is 5.82 Å². The van der Waals surface area contributed by atoms with Gasteiger partial charge in [-0.25, -0.2) is 0 Å². The number of nitrogens with one attached hydrogen (secondary N) is 1. The minimum Gasteiger partial charge on any atom is -0.507 e. The first kappa shape index (κ1) is 13.8. The molecule has 114 valence electrons. The van der Waals surface area contributed by atoms with Crippen molar-refractivity contribution in [1.82, 2.24) is 10.2 Å². The lowest BCUT2D eigenvalue weighted by atomic mass is 9.94. The Bertz CT molecular complexity index is 750. The van der Waals surface area contributed by atoms with Gasteiger partial charge in [0.25, 0.3) is 0 Å². The molecule has 2 aliphatic heterocycles. The number of fused-ring (bicyclic) bond motifs is 4. The average Bonchev–Trinajstić information content (AvgIpc) is 2.88. The minimum atomic E-state index is 0.0291. The molecule has 2 N–H and O–H groups in total. The first-order valence-electron chi connectivity index (χ1n) is 7.39. The molecule has 1 fully saturated rings. The van der Waals surface area contributed by atoms with Crippen molar-refractivity contribution in [3.05, 3.63) is 34.3 Å². The zero-order chi connectivity index (χ0) is 15.3. The summed E-state index contributed by atoms with van der Waals surface area (Å²) in [6.45, 7) is 0. The Morgan fingerprint density at radius 1 is 1.32 bits per heavy atom. The van der Waals surface area contributed by atoms with Crippen LogP contribution >= 0.6 is 11.6 Å². The summed E-state index contributed by atoms with van der Waals surface area (Å²) in [5.41, 5.74) is 3.53. The fourth-order valence-electron chi connectivity index (χ4n) is 3.44. The maximum absolute atomic E-state index is 10.2. The number of benzene rings is 1. The van der Waals surface area contributed by atoms with Gasteiger partial charge in [0, 0.05) is 35.2 Å². The van der Waals surface area contributed by atoms with Gasteiger partial charge in [0.2, 0.25) is 0 Å². The van der Waals surface area contributed by atoms with Gasteiger partial charge in [-0.05, 0) is 31.0 Å². The number of rotatable bonds is 2. The molecular formula is C16H16ClN3O2. The van der Waals surface area contributed by atoms with E-state index in [0.717, 1.165) is 36.2 Å². The van der Waals surface area contributed by atoms with Gasteiger partial charge in [0.05, 0.1) is 12.2 Å². The number of halogens is 1. The highest BCUT2D eigenvalue weighted by Crippen LogP contribution is 2.47. The largest absolute Gasteiger partial charge is 0.507 e. The summed E-state index contributed by atoms with van der Waals surface area (Å²) in [4.78, 5) is 0. The van der Waals surface area contributed by atoms with E-state index in [1.165, 1.54) is 6.07 Å². The van der Waals surface area contributed by atoms with Gasteiger partial charge >= 0.3 is 0 Å². The lowest BCUT2D eigenvalue weighted by Gasteiger charge is -2.27. The molecule has 2 atom stereocenters. The number of anilines is 1. The smallest absolute Gasteiger partial charge is 0.152 e. The van der Waals surface area contributed by atoms with Crippen LogP contribution in [0.25, 0.3) is 11.3 Å². The van der Waals surface area contributed by atoms with E-state index < -0.39 is 0 Å². The fourth-order valence-corrected chi connectivity index (χ4v) is 3.61. The highest BCUT2D eigenvalue weighted by Gasteiger charge is 2.38. The molecule has 1 aromatic heterocycles. The lowest BCUT2D eigenvalue weighted by molar-refractivity contribution is 0.0325. The van der Waals surface area contributed by atoms with E-state index in [0.29, 0.717) is 16.3 Å². The van der Waals surface area contributed by atoms with Gasteiger partial charge in [-0.2, -0.15) is 0 Å². The van der Waals surface area contributed by atoms with Crippen molar-refractivity contribution < 1.29 is 9.84 Å². The minimum absolute atomic E-state index is 0.0291. The second-order valence-electron chi connectivity index (χ2n) is 5.73. The second-order valence-corrected chi connectivity index (χ2v) is 6.17. The van der Waals surface area contributed by atoms with E-state index in [1.807, 2.05) is 7.05 Å². The van der Waals surface area contributed by atoms with Gasteiger partial charge < -0.3 is 15.2 Å². The van der Waals surface area contributed by atoms with Crippen molar-refractivity contribution in [1.29, 1.82) is 0 Å². The number of hydrogen-bond acceptors (Lipinski definition) is 5. The Morgan fingerprint density at radius 3 is 2.95 bits per heavy atom. The lowest BCUT2D eigenvalue weighted by Crippen LogP contribution is -2.21. The van der Waals surface area contributed by atoms with Crippen LogP contribution in [0.15, 0.2) is 18.2 Å². The molecule has 0 spiro atoms. The predicted octanol–water partition coefficient (Wildman–Crippen LogP) is 3.32. The molecule has 0 aliphatic carbocycles. The third-order valence-electron chi connectivity index (χ3n) is 4.43. The summed E-state index contributed by atoms with van der Waals surface area (Å²) in [7, 11) is 1.85. The van der Waals surface area contributed by atoms with Crippen molar-refractivity contribution >= 4 is 17.4 Å². The molecule has 1 aromatic carbocycles. The van der Waals surface area contributed by atoms with Crippen molar-refractivity contribution in [2.45, 2.75) is 31.5 Å². The van der Waals surface area contributed by atoms with Crippen LogP contribution in [-0.2, 0) is 11.2 Å². The molecule has 2 aliphatic rings. The molecule has 2 aromatic rings. The van der Waals surface area contributed by atoms with E-state index in [9.17, 15) is 5.11 Å². The molecule has 0 radical (unpaired) electrons. The van der Waals surface area contributed by atoms with Crippen LogP contribution in [0.2, 0.25) is 5.02 Å². The third-order valence-corrected chi connectivity index (χ3v) is 4.66. The molecule has 0 amide bonds. The molecule has 4 rings (SSSR count). The van der Waals surface area contributed by atoms with Crippen molar-refractivity contribution in [3.8, 4) is 17.0 Å². The maximum Gasteiger partial charge on any atom is 0.152 e. The molecule has 22 heavy (non-hydrogen) atoms. The Labute approximate surface area is 133 Å². The number of phenols is 1. The highest BCUT2D eigenvalue weighted by molar-refractivity contribution is 6.30.